The highest BCUT2D eigenvalue weighted by atomic mass is 127. The molecule has 1 aliphatic rings. The Morgan fingerprint density at radius 2 is 1.76 bits per heavy atom. The van der Waals surface area contributed by atoms with Crippen LogP contribution < -0.4 is 20.1 Å². The number of anilines is 2. The summed E-state index contributed by atoms with van der Waals surface area (Å²) in [4.78, 5) is 19.8. The number of alkyl halides is 1. The van der Waals surface area contributed by atoms with Gasteiger partial charge in [0.15, 0.2) is 0 Å². The number of rotatable bonds is 8. The highest BCUT2D eigenvalue weighted by Crippen LogP contribution is 2.36. The second-order valence-electron chi connectivity index (χ2n) is 11.1. The summed E-state index contributed by atoms with van der Waals surface area (Å²) >= 11 is 2.49. The first-order valence-electron chi connectivity index (χ1n) is 13.8. The lowest BCUT2D eigenvalue weighted by Crippen LogP contribution is -2.26. The van der Waals surface area contributed by atoms with Crippen LogP contribution >= 0.6 is 22.6 Å². The molecule has 0 bridgehead atoms. The highest BCUT2D eigenvalue weighted by molar-refractivity contribution is 14.1. The van der Waals surface area contributed by atoms with E-state index in [9.17, 15) is 4.79 Å². The summed E-state index contributed by atoms with van der Waals surface area (Å²) < 4.78 is 12.8. The maximum Gasteiger partial charge on any atom is 0.323 e. The molecule has 4 aromatic rings. The van der Waals surface area contributed by atoms with E-state index in [1.165, 1.54) is 5.56 Å². The highest BCUT2D eigenvalue weighted by Gasteiger charge is 2.29. The van der Waals surface area contributed by atoms with E-state index in [1.807, 2.05) is 54.6 Å². The van der Waals surface area contributed by atoms with Crippen molar-refractivity contribution in [1.29, 1.82) is 0 Å². The number of nitrogens with zero attached hydrogens (tertiary/aromatic N) is 2. The number of halogens is 1. The fourth-order valence-corrected chi connectivity index (χ4v) is 5.77. The molecule has 8 heteroatoms. The predicted octanol–water partition coefficient (Wildman–Crippen LogP) is 8.40. The second kappa shape index (κ2) is 12.9. The molecule has 7 nitrogen and oxygen atoms in total. The van der Waals surface area contributed by atoms with E-state index in [1.54, 1.807) is 18.3 Å². The van der Waals surface area contributed by atoms with Gasteiger partial charge < -0.3 is 20.1 Å². The third-order valence-corrected chi connectivity index (χ3v) is 8.39. The van der Waals surface area contributed by atoms with Crippen LogP contribution in [0.5, 0.6) is 17.4 Å². The van der Waals surface area contributed by atoms with Crippen LogP contribution in [-0.2, 0) is 5.41 Å². The molecule has 0 saturated carbocycles. The average molecular weight is 663 g/mol. The summed E-state index contributed by atoms with van der Waals surface area (Å²) in [7, 11) is 0. The molecule has 1 aliphatic heterocycles. The molecule has 212 valence electrons. The lowest BCUT2D eigenvalue weighted by molar-refractivity contribution is 0.199. The van der Waals surface area contributed by atoms with Crippen molar-refractivity contribution < 1.29 is 14.3 Å². The molecule has 2 atom stereocenters. The van der Waals surface area contributed by atoms with Crippen molar-refractivity contribution in [3.8, 4) is 17.4 Å². The summed E-state index contributed by atoms with van der Waals surface area (Å²) in [6, 6.07) is 29.0. The third kappa shape index (κ3) is 7.56. The molecule has 41 heavy (non-hydrogen) atoms. The molecule has 2 unspecified atom stereocenters. The molecule has 3 aromatic carbocycles. The number of hydrogen-bond acceptors (Lipinski definition) is 5. The molecule has 2 N–H and O–H groups in total. The van der Waals surface area contributed by atoms with E-state index >= 15 is 0 Å². The third-order valence-electron chi connectivity index (χ3n) is 6.89. The minimum absolute atomic E-state index is 0.0890. The normalized spacial score (nSPS) is 16.1. The van der Waals surface area contributed by atoms with Gasteiger partial charge in [0.25, 0.3) is 0 Å². The monoisotopic (exact) mass is 662 g/mol. The lowest BCUT2D eigenvalue weighted by Gasteiger charge is -2.23. The summed E-state index contributed by atoms with van der Waals surface area (Å²) in [5, 5.41) is 5.78. The lowest BCUT2D eigenvalue weighted by atomic mass is 9.86. The number of urea groups is 1. The summed E-state index contributed by atoms with van der Waals surface area (Å²) in [6.07, 6.45) is 2.68. The number of amides is 2. The number of likely N-dealkylation sites (tertiary alicyclic amines) is 1. The predicted molar refractivity (Wildman–Crippen MR) is 172 cm³/mol. The van der Waals surface area contributed by atoms with Gasteiger partial charge in [0.05, 0.1) is 4.05 Å². The van der Waals surface area contributed by atoms with Crippen LogP contribution in [0.15, 0.2) is 97.2 Å². The van der Waals surface area contributed by atoms with E-state index in [2.05, 4.69) is 88.1 Å². The number of benzene rings is 3. The van der Waals surface area contributed by atoms with Gasteiger partial charge in [-0.2, -0.15) is 0 Å². The van der Waals surface area contributed by atoms with Crippen LogP contribution in [0.2, 0.25) is 0 Å². The molecule has 1 saturated heterocycles. The first kappa shape index (κ1) is 28.9. The quantitative estimate of drug-likeness (QED) is 0.113. The van der Waals surface area contributed by atoms with Gasteiger partial charge in [-0.15, -0.1) is 0 Å². The average Bonchev–Trinajstić information content (AvgIpc) is 3.42. The van der Waals surface area contributed by atoms with E-state index in [0.29, 0.717) is 27.1 Å². The molecule has 2 heterocycles. The minimum atomic E-state index is -0.397. The smallest absolute Gasteiger partial charge is 0.323 e. The number of para-hydroxylation sites is 1. The van der Waals surface area contributed by atoms with Crippen molar-refractivity contribution in [3.63, 3.8) is 0 Å². The van der Waals surface area contributed by atoms with E-state index in [4.69, 9.17) is 9.47 Å². The van der Waals surface area contributed by atoms with E-state index < -0.39 is 6.03 Å². The van der Waals surface area contributed by atoms with Crippen LogP contribution in [0.25, 0.3) is 0 Å². The zero-order valence-electron chi connectivity index (χ0n) is 23.5. The zero-order chi connectivity index (χ0) is 28.8. The molecule has 0 radical (unpaired) electrons. The molecule has 0 aliphatic carbocycles. The SMILES string of the molecule is CC(C)(C)c1ccccc1Oc1ncccc1NC(=O)Nc1cccc(OC2CCN(C(I)c3ccccc3)C2)c1. The Balaban J connectivity index is 1.20. The number of ether oxygens (including phenoxy) is 2. The Labute approximate surface area is 255 Å². The van der Waals surface area contributed by atoms with Crippen molar-refractivity contribution in [3.05, 3.63) is 108 Å². The molecule has 2 amide bonds. The molecule has 5 rings (SSSR count). The minimum Gasteiger partial charge on any atom is -0.489 e. The van der Waals surface area contributed by atoms with Gasteiger partial charge >= 0.3 is 6.03 Å². The van der Waals surface area contributed by atoms with Crippen molar-refractivity contribution >= 4 is 40.0 Å². The van der Waals surface area contributed by atoms with Crippen LogP contribution in [0.1, 0.15) is 42.4 Å². The number of aromatic nitrogens is 1. The summed E-state index contributed by atoms with van der Waals surface area (Å²) in [6.45, 7) is 8.22. The molecular weight excluding hydrogens is 627 g/mol. The Hall–Kier alpha value is -3.63. The first-order valence-corrected chi connectivity index (χ1v) is 15.0. The summed E-state index contributed by atoms with van der Waals surface area (Å²) in [5.41, 5.74) is 3.35. The summed E-state index contributed by atoms with van der Waals surface area (Å²) in [5.74, 6) is 1.75. The van der Waals surface area contributed by atoms with Gasteiger partial charge in [0, 0.05) is 36.6 Å². The van der Waals surface area contributed by atoms with Crippen LogP contribution in [0, 0.1) is 0 Å². The first-order chi connectivity index (χ1) is 19.8. The van der Waals surface area contributed by atoms with Crippen LogP contribution in [-0.4, -0.2) is 35.1 Å². The fraction of sp³-hybridized carbons (Fsp3) is 0.273. The Kier molecular flexibility index (Phi) is 9.09. The number of hydrogen-bond donors (Lipinski definition) is 2. The zero-order valence-corrected chi connectivity index (χ0v) is 25.7. The van der Waals surface area contributed by atoms with Gasteiger partial charge in [-0.25, -0.2) is 9.78 Å². The maximum atomic E-state index is 13.0. The van der Waals surface area contributed by atoms with Gasteiger partial charge in [-0.05, 0) is 47.7 Å². The molecule has 0 spiro atoms. The van der Waals surface area contributed by atoms with Crippen LogP contribution in [0.3, 0.4) is 0 Å². The van der Waals surface area contributed by atoms with Crippen molar-refractivity contribution in [1.82, 2.24) is 9.88 Å². The van der Waals surface area contributed by atoms with Crippen LogP contribution in [0.4, 0.5) is 16.2 Å². The van der Waals surface area contributed by atoms with Gasteiger partial charge in [-0.1, -0.05) is 98.0 Å². The molecule has 1 fully saturated rings. The standard InChI is InChI=1S/C33H35IN4O3/c1-33(2,3)27-15-7-8-17-29(27)41-31-28(16-10-19-35-31)37-32(39)36-24-13-9-14-25(21-24)40-26-18-20-38(22-26)30(34)23-11-5-4-6-12-23/h4-17,19,21,26,30H,18,20,22H2,1-3H3,(H2,36,37,39). The Morgan fingerprint density at radius 1 is 0.976 bits per heavy atom. The number of pyridine rings is 1. The van der Waals surface area contributed by atoms with Crippen molar-refractivity contribution in [2.45, 2.75) is 42.8 Å². The van der Waals surface area contributed by atoms with E-state index in [-0.39, 0.29) is 11.5 Å². The Bertz CT molecular complexity index is 1470. The van der Waals surface area contributed by atoms with Crippen molar-refractivity contribution in [2.75, 3.05) is 23.7 Å². The van der Waals surface area contributed by atoms with Crippen molar-refractivity contribution in [2.24, 2.45) is 0 Å². The number of carbonyl (C=O) groups excluding carboxylic acids is 1. The molecular formula is C33H35IN4O3. The second-order valence-corrected chi connectivity index (χ2v) is 12.3. The van der Waals surface area contributed by atoms with Gasteiger partial charge in [-0.3, -0.25) is 4.90 Å². The Morgan fingerprint density at radius 3 is 2.56 bits per heavy atom. The van der Waals surface area contributed by atoms with E-state index in [0.717, 1.165) is 30.8 Å². The maximum absolute atomic E-state index is 13.0. The number of carbonyl (C=O) groups is 1. The molecule has 1 aromatic heterocycles. The topological polar surface area (TPSA) is 75.7 Å². The number of nitrogens with one attached hydrogen (secondary N) is 2. The van der Waals surface area contributed by atoms with Gasteiger partial charge in [0.2, 0.25) is 5.88 Å². The van der Waals surface area contributed by atoms with Gasteiger partial charge in [0.1, 0.15) is 23.3 Å². The largest absolute Gasteiger partial charge is 0.489 e. The fourth-order valence-electron chi connectivity index (χ4n) is 4.85.